The predicted molar refractivity (Wildman–Crippen MR) is 114 cm³/mol. The fourth-order valence-electron chi connectivity index (χ4n) is 3.32. The van der Waals surface area contributed by atoms with Gasteiger partial charge in [0.15, 0.2) is 5.65 Å². The minimum absolute atomic E-state index is 0.0850. The van der Waals surface area contributed by atoms with Crippen LogP contribution >= 0.6 is 0 Å². The van der Waals surface area contributed by atoms with E-state index in [0.29, 0.717) is 22.3 Å². The van der Waals surface area contributed by atoms with Crippen LogP contribution in [-0.2, 0) is 19.3 Å². The Morgan fingerprint density at radius 1 is 1.00 bits per heavy atom. The Balaban J connectivity index is 1.65. The van der Waals surface area contributed by atoms with Crippen molar-refractivity contribution in [1.29, 1.82) is 0 Å². The molecule has 0 saturated heterocycles. The minimum atomic E-state index is -4.43. The number of hydrogen-bond acceptors (Lipinski definition) is 5. The van der Waals surface area contributed by atoms with Crippen LogP contribution in [0.2, 0.25) is 0 Å². The molecule has 0 radical (unpaired) electrons. The normalized spacial score (nSPS) is 11.5. The molecule has 0 amide bonds. The summed E-state index contributed by atoms with van der Waals surface area (Å²) in [6.45, 7) is 2.00. The predicted octanol–water partition coefficient (Wildman–Crippen LogP) is 4.36. The molecule has 6 nitrogen and oxygen atoms in total. The summed E-state index contributed by atoms with van der Waals surface area (Å²) in [5, 5.41) is 3.60. The molecule has 164 valence electrons. The van der Waals surface area contributed by atoms with Crippen LogP contribution < -0.4 is 15.7 Å². The van der Waals surface area contributed by atoms with Gasteiger partial charge in [0.1, 0.15) is 12.9 Å². The molecule has 4 aromatic rings. The van der Waals surface area contributed by atoms with Crippen molar-refractivity contribution in [3.63, 3.8) is 0 Å². The van der Waals surface area contributed by atoms with Crippen LogP contribution in [0.3, 0.4) is 0 Å². The molecule has 0 aliphatic carbocycles. The number of anilines is 1. The number of benzene rings is 2. The van der Waals surface area contributed by atoms with Crippen molar-refractivity contribution in [3.8, 4) is 0 Å². The number of aryl methyl sites for hydroxylation is 1. The molecule has 4 rings (SSSR count). The van der Waals surface area contributed by atoms with Crippen LogP contribution in [0.25, 0.3) is 11.0 Å². The van der Waals surface area contributed by atoms with E-state index in [1.54, 1.807) is 13.0 Å². The highest BCUT2D eigenvalue weighted by molar-refractivity contribution is 5.90. The summed E-state index contributed by atoms with van der Waals surface area (Å²) >= 11 is 0. The number of pyridine rings is 1. The lowest BCUT2D eigenvalue weighted by Crippen LogP contribution is -2.28. The second-order valence-corrected chi connectivity index (χ2v) is 7.16. The van der Waals surface area contributed by atoms with Gasteiger partial charge < -0.3 is 10.2 Å². The average Bonchev–Trinajstić information content (AvgIpc) is 2.77. The number of halogens is 3. The third-order valence-corrected chi connectivity index (χ3v) is 4.89. The fourth-order valence-corrected chi connectivity index (χ4v) is 3.32. The van der Waals surface area contributed by atoms with Gasteiger partial charge in [0, 0.05) is 12.6 Å². The van der Waals surface area contributed by atoms with Gasteiger partial charge >= 0.3 is 6.18 Å². The third kappa shape index (κ3) is 4.56. The Hall–Kier alpha value is -3.88. The van der Waals surface area contributed by atoms with Crippen molar-refractivity contribution in [2.24, 2.45) is 0 Å². The highest BCUT2D eigenvalue weighted by atomic mass is 19.4. The van der Waals surface area contributed by atoms with Crippen molar-refractivity contribution in [2.75, 3.05) is 5.32 Å². The molecule has 9 heteroatoms. The van der Waals surface area contributed by atoms with Crippen molar-refractivity contribution in [1.82, 2.24) is 14.7 Å². The molecule has 0 unspecified atom stereocenters. The summed E-state index contributed by atoms with van der Waals surface area (Å²) < 4.78 is 40.1. The van der Waals surface area contributed by atoms with Gasteiger partial charge in [-0.15, -0.1) is 4.73 Å². The highest BCUT2D eigenvalue weighted by Crippen LogP contribution is 2.30. The van der Waals surface area contributed by atoms with Gasteiger partial charge in [0.25, 0.3) is 5.56 Å². The molecule has 0 spiro atoms. The molecule has 2 aromatic carbocycles. The Morgan fingerprint density at radius 3 is 2.50 bits per heavy atom. The van der Waals surface area contributed by atoms with E-state index < -0.39 is 17.3 Å². The van der Waals surface area contributed by atoms with E-state index in [9.17, 15) is 18.0 Å². The van der Waals surface area contributed by atoms with Gasteiger partial charge in [-0.2, -0.15) is 13.2 Å². The summed E-state index contributed by atoms with van der Waals surface area (Å²) in [6.07, 6.45) is -3.10. The second kappa shape index (κ2) is 8.70. The van der Waals surface area contributed by atoms with E-state index in [2.05, 4.69) is 15.3 Å². The lowest BCUT2D eigenvalue weighted by atomic mass is 10.1. The summed E-state index contributed by atoms with van der Waals surface area (Å²) in [6, 6.07) is 15.7. The molecule has 0 fully saturated rings. The molecular weight excluding hydrogens is 421 g/mol. The Bertz CT molecular complexity index is 1300. The monoisotopic (exact) mass is 440 g/mol. The molecule has 0 bridgehead atoms. The average molecular weight is 440 g/mol. The van der Waals surface area contributed by atoms with Gasteiger partial charge in [-0.25, -0.2) is 9.97 Å². The number of alkyl halides is 3. The molecule has 2 heterocycles. The van der Waals surface area contributed by atoms with Crippen LogP contribution in [-0.4, -0.2) is 14.7 Å². The molecular formula is C23H19F3N4O2. The SMILES string of the molecule is Cc1ncnc2c1c(NCc1cccc(C(F)(F)F)c1)cc(=O)n2OCc1ccccc1. The zero-order valence-corrected chi connectivity index (χ0v) is 17.1. The fraction of sp³-hybridized carbons (Fsp3) is 0.174. The Labute approximate surface area is 181 Å². The van der Waals surface area contributed by atoms with Crippen molar-refractivity contribution in [3.05, 3.63) is 99.7 Å². The van der Waals surface area contributed by atoms with E-state index in [0.717, 1.165) is 22.4 Å². The highest BCUT2D eigenvalue weighted by Gasteiger charge is 2.30. The summed E-state index contributed by atoms with van der Waals surface area (Å²) in [5.74, 6) is 0. The van der Waals surface area contributed by atoms with Crippen LogP contribution in [0.15, 0.2) is 71.8 Å². The van der Waals surface area contributed by atoms with Crippen LogP contribution in [0, 0.1) is 6.92 Å². The standard InChI is InChI=1S/C23H19F3N4O2/c1-15-21-19(27-12-17-8-5-9-18(10-17)23(24,25)26)11-20(31)30(22(21)29-14-28-15)32-13-16-6-3-2-4-7-16/h2-11,14,27H,12-13H2,1H3. The number of fused-ring (bicyclic) bond motifs is 1. The molecule has 2 aromatic heterocycles. The summed E-state index contributed by atoms with van der Waals surface area (Å²) in [5.41, 5.74) is 1.40. The van der Waals surface area contributed by atoms with E-state index in [1.165, 1.54) is 18.5 Å². The van der Waals surface area contributed by atoms with Gasteiger partial charge in [-0.1, -0.05) is 42.5 Å². The van der Waals surface area contributed by atoms with Crippen LogP contribution in [0.1, 0.15) is 22.4 Å². The number of hydrogen-bond donors (Lipinski definition) is 1. The molecule has 0 aliphatic heterocycles. The second-order valence-electron chi connectivity index (χ2n) is 7.16. The topological polar surface area (TPSA) is 69.0 Å². The van der Waals surface area contributed by atoms with Crippen molar-refractivity contribution >= 4 is 16.7 Å². The number of rotatable bonds is 6. The molecule has 1 N–H and O–H groups in total. The quantitative estimate of drug-likeness (QED) is 0.483. The first kappa shape index (κ1) is 21.4. The first-order chi connectivity index (χ1) is 15.3. The summed E-state index contributed by atoms with van der Waals surface area (Å²) in [7, 11) is 0. The van der Waals surface area contributed by atoms with Crippen molar-refractivity contribution < 1.29 is 18.0 Å². The minimum Gasteiger partial charge on any atom is -0.404 e. The maximum absolute atomic E-state index is 13.0. The van der Waals surface area contributed by atoms with E-state index in [4.69, 9.17) is 4.84 Å². The van der Waals surface area contributed by atoms with Gasteiger partial charge in [-0.3, -0.25) is 4.79 Å². The van der Waals surface area contributed by atoms with Gasteiger partial charge in [-0.05, 0) is 30.2 Å². The number of aromatic nitrogens is 3. The maximum atomic E-state index is 13.0. The first-order valence-electron chi connectivity index (χ1n) is 9.77. The Morgan fingerprint density at radius 2 is 1.75 bits per heavy atom. The lowest BCUT2D eigenvalue weighted by molar-refractivity contribution is -0.137. The zero-order chi connectivity index (χ0) is 22.7. The maximum Gasteiger partial charge on any atom is 0.416 e. The molecule has 0 atom stereocenters. The number of nitrogens with zero attached hydrogens (tertiary/aromatic N) is 3. The van der Waals surface area contributed by atoms with Gasteiger partial charge in [0.2, 0.25) is 0 Å². The van der Waals surface area contributed by atoms with Crippen LogP contribution in [0.5, 0.6) is 0 Å². The summed E-state index contributed by atoms with van der Waals surface area (Å²) in [4.78, 5) is 26.9. The number of nitrogens with one attached hydrogen (secondary N) is 1. The van der Waals surface area contributed by atoms with Crippen molar-refractivity contribution in [2.45, 2.75) is 26.3 Å². The smallest absolute Gasteiger partial charge is 0.404 e. The zero-order valence-electron chi connectivity index (χ0n) is 17.1. The van der Waals surface area contributed by atoms with E-state index in [-0.39, 0.29) is 18.8 Å². The van der Waals surface area contributed by atoms with Gasteiger partial charge in [0.05, 0.1) is 22.3 Å². The lowest BCUT2D eigenvalue weighted by Gasteiger charge is -2.16. The molecule has 32 heavy (non-hydrogen) atoms. The van der Waals surface area contributed by atoms with Crippen LogP contribution in [0.4, 0.5) is 18.9 Å². The third-order valence-electron chi connectivity index (χ3n) is 4.89. The first-order valence-corrected chi connectivity index (χ1v) is 9.77. The van der Waals surface area contributed by atoms with E-state index >= 15 is 0 Å². The molecule has 0 aliphatic rings. The van der Waals surface area contributed by atoms with E-state index in [1.807, 2.05) is 30.3 Å². The Kier molecular flexibility index (Phi) is 5.81. The molecule has 0 saturated carbocycles. The largest absolute Gasteiger partial charge is 0.416 e.